The highest BCUT2D eigenvalue weighted by Crippen LogP contribution is 2.20. The summed E-state index contributed by atoms with van der Waals surface area (Å²) in [6.45, 7) is 5.07. The fraction of sp³-hybridized carbons (Fsp3) is 0.333. The third-order valence-corrected chi connectivity index (χ3v) is 2.51. The van der Waals surface area contributed by atoms with E-state index < -0.39 is 0 Å². The molecule has 1 aromatic carbocycles. The van der Waals surface area contributed by atoms with Gasteiger partial charge < -0.3 is 5.32 Å². The van der Waals surface area contributed by atoms with Crippen molar-refractivity contribution >= 4 is 0 Å². The predicted octanol–water partition coefficient (Wildman–Crippen LogP) is 1.81. The Morgan fingerprint density at radius 3 is 2.94 bits per heavy atom. The quantitative estimate of drug-likeness (QED) is 0.819. The molecule has 0 radical (unpaired) electrons. The molecule has 0 saturated heterocycles. The first-order valence-corrected chi connectivity index (χ1v) is 5.47. The minimum absolute atomic E-state index is 0.114. The van der Waals surface area contributed by atoms with Crippen LogP contribution in [0.2, 0.25) is 0 Å². The summed E-state index contributed by atoms with van der Waals surface area (Å²) in [4.78, 5) is 0. The number of benzene rings is 1. The predicted molar refractivity (Wildman–Crippen MR) is 63.1 cm³/mol. The maximum Gasteiger partial charge on any atom is 0.104 e. The van der Waals surface area contributed by atoms with Crippen LogP contribution >= 0.6 is 0 Å². The van der Waals surface area contributed by atoms with Gasteiger partial charge in [-0.3, -0.25) is 0 Å². The Morgan fingerprint density at radius 1 is 1.44 bits per heavy atom. The third-order valence-electron chi connectivity index (χ3n) is 2.51. The number of aryl methyl sites for hydroxylation is 1. The van der Waals surface area contributed by atoms with Gasteiger partial charge in [0.1, 0.15) is 5.69 Å². The molecular weight excluding hydrogens is 200 g/mol. The van der Waals surface area contributed by atoms with Gasteiger partial charge in [-0.1, -0.05) is 36.8 Å². The van der Waals surface area contributed by atoms with Gasteiger partial charge in [-0.2, -0.15) is 15.4 Å². The first-order chi connectivity index (χ1) is 7.81. The number of aromatic amines is 1. The summed E-state index contributed by atoms with van der Waals surface area (Å²) in [6, 6.07) is 8.55. The summed E-state index contributed by atoms with van der Waals surface area (Å²) in [5.41, 5.74) is 3.40. The molecule has 1 atom stereocenters. The number of hydrogen-bond donors (Lipinski definition) is 2. The number of rotatable bonds is 4. The summed E-state index contributed by atoms with van der Waals surface area (Å²) >= 11 is 0. The molecule has 4 heteroatoms. The van der Waals surface area contributed by atoms with Crippen LogP contribution in [-0.4, -0.2) is 22.0 Å². The number of hydrogen-bond acceptors (Lipinski definition) is 3. The third kappa shape index (κ3) is 2.28. The molecule has 0 bridgehead atoms. The fourth-order valence-corrected chi connectivity index (χ4v) is 1.80. The molecule has 0 saturated carbocycles. The lowest BCUT2D eigenvalue weighted by Gasteiger charge is -2.15. The van der Waals surface area contributed by atoms with E-state index in [0.29, 0.717) is 0 Å². The van der Waals surface area contributed by atoms with Crippen molar-refractivity contribution < 1.29 is 0 Å². The van der Waals surface area contributed by atoms with Crippen molar-refractivity contribution in [3.63, 3.8) is 0 Å². The zero-order chi connectivity index (χ0) is 11.4. The van der Waals surface area contributed by atoms with E-state index in [4.69, 9.17) is 0 Å². The van der Waals surface area contributed by atoms with E-state index in [0.717, 1.165) is 12.2 Å². The molecule has 0 aliphatic heterocycles. The molecule has 0 amide bonds. The van der Waals surface area contributed by atoms with Crippen molar-refractivity contribution in [3.8, 4) is 0 Å². The smallest absolute Gasteiger partial charge is 0.104 e. The first kappa shape index (κ1) is 10.8. The van der Waals surface area contributed by atoms with Crippen molar-refractivity contribution in [2.24, 2.45) is 0 Å². The van der Waals surface area contributed by atoms with Crippen LogP contribution in [0.5, 0.6) is 0 Å². The van der Waals surface area contributed by atoms with Gasteiger partial charge in [0.2, 0.25) is 0 Å². The standard InChI is InChI=1S/C12H16N4/c1-3-13-12(11-8-14-16-15-11)10-6-4-5-9(2)7-10/h4-8,12-13H,3H2,1-2H3,(H,14,15,16). The summed E-state index contributed by atoms with van der Waals surface area (Å²) in [5.74, 6) is 0. The number of nitrogens with zero attached hydrogens (tertiary/aromatic N) is 2. The molecule has 0 fully saturated rings. The molecule has 2 N–H and O–H groups in total. The van der Waals surface area contributed by atoms with Crippen molar-refractivity contribution in [2.45, 2.75) is 19.9 Å². The maximum atomic E-state index is 4.14. The Balaban J connectivity index is 2.33. The molecule has 2 rings (SSSR count). The molecule has 4 nitrogen and oxygen atoms in total. The van der Waals surface area contributed by atoms with Gasteiger partial charge in [0.05, 0.1) is 12.2 Å². The summed E-state index contributed by atoms with van der Waals surface area (Å²) < 4.78 is 0. The van der Waals surface area contributed by atoms with Crippen molar-refractivity contribution in [1.82, 2.24) is 20.7 Å². The van der Waals surface area contributed by atoms with Crippen molar-refractivity contribution in [3.05, 3.63) is 47.3 Å². The van der Waals surface area contributed by atoms with Crippen molar-refractivity contribution in [1.29, 1.82) is 0 Å². The molecule has 84 valence electrons. The minimum Gasteiger partial charge on any atom is -0.305 e. The Morgan fingerprint density at radius 2 is 2.31 bits per heavy atom. The summed E-state index contributed by atoms with van der Waals surface area (Å²) in [7, 11) is 0. The van der Waals surface area contributed by atoms with Crippen LogP contribution in [0.1, 0.15) is 29.8 Å². The number of aromatic nitrogens is 3. The van der Waals surface area contributed by atoms with Gasteiger partial charge in [-0.05, 0) is 19.0 Å². The van der Waals surface area contributed by atoms with Gasteiger partial charge in [-0.15, -0.1) is 0 Å². The molecule has 1 aromatic heterocycles. The molecule has 1 heterocycles. The zero-order valence-corrected chi connectivity index (χ0v) is 9.57. The van der Waals surface area contributed by atoms with Crippen LogP contribution in [0, 0.1) is 6.92 Å². The van der Waals surface area contributed by atoms with E-state index in [1.807, 2.05) is 0 Å². The van der Waals surface area contributed by atoms with Crippen LogP contribution in [0.4, 0.5) is 0 Å². The number of nitrogens with one attached hydrogen (secondary N) is 2. The second kappa shape index (κ2) is 4.90. The Labute approximate surface area is 95.1 Å². The van der Waals surface area contributed by atoms with Gasteiger partial charge in [-0.25, -0.2) is 0 Å². The Kier molecular flexibility index (Phi) is 3.31. The SMILES string of the molecule is CCNC(c1cccc(C)c1)c1cn[nH]n1. The molecule has 2 aromatic rings. The summed E-state index contributed by atoms with van der Waals surface area (Å²) in [6.07, 6.45) is 1.76. The highest BCUT2D eigenvalue weighted by atomic mass is 15.3. The molecule has 0 aliphatic carbocycles. The normalized spacial score (nSPS) is 12.6. The lowest BCUT2D eigenvalue weighted by Crippen LogP contribution is -2.22. The molecular formula is C12H16N4. The first-order valence-electron chi connectivity index (χ1n) is 5.47. The second-order valence-corrected chi connectivity index (χ2v) is 3.80. The largest absolute Gasteiger partial charge is 0.305 e. The highest BCUT2D eigenvalue weighted by Gasteiger charge is 2.15. The highest BCUT2D eigenvalue weighted by molar-refractivity contribution is 5.29. The van der Waals surface area contributed by atoms with Gasteiger partial charge in [0.25, 0.3) is 0 Å². The van der Waals surface area contributed by atoms with E-state index in [9.17, 15) is 0 Å². The van der Waals surface area contributed by atoms with Crippen LogP contribution in [0.3, 0.4) is 0 Å². The van der Waals surface area contributed by atoms with Gasteiger partial charge in [0.15, 0.2) is 0 Å². The molecule has 0 spiro atoms. The van der Waals surface area contributed by atoms with E-state index in [-0.39, 0.29) is 6.04 Å². The molecule has 16 heavy (non-hydrogen) atoms. The maximum absolute atomic E-state index is 4.14. The lowest BCUT2D eigenvalue weighted by atomic mass is 10.0. The topological polar surface area (TPSA) is 53.6 Å². The number of H-pyrrole nitrogens is 1. The Bertz CT molecular complexity index is 436. The van der Waals surface area contributed by atoms with Crippen LogP contribution in [0.15, 0.2) is 30.5 Å². The van der Waals surface area contributed by atoms with E-state index in [1.165, 1.54) is 11.1 Å². The van der Waals surface area contributed by atoms with E-state index in [1.54, 1.807) is 6.20 Å². The minimum atomic E-state index is 0.114. The average Bonchev–Trinajstić information content (AvgIpc) is 2.79. The average molecular weight is 216 g/mol. The van der Waals surface area contributed by atoms with Gasteiger partial charge >= 0.3 is 0 Å². The monoisotopic (exact) mass is 216 g/mol. The van der Waals surface area contributed by atoms with Crippen LogP contribution < -0.4 is 5.32 Å². The second-order valence-electron chi connectivity index (χ2n) is 3.80. The Hall–Kier alpha value is -1.68. The van der Waals surface area contributed by atoms with Gasteiger partial charge in [0, 0.05) is 0 Å². The van der Waals surface area contributed by atoms with Crippen LogP contribution in [-0.2, 0) is 0 Å². The van der Waals surface area contributed by atoms with Crippen molar-refractivity contribution in [2.75, 3.05) is 6.54 Å². The van der Waals surface area contributed by atoms with Crippen LogP contribution in [0.25, 0.3) is 0 Å². The summed E-state index contributed by atoms with van der Waals surface area (Å²) in [5, 5.41) is 14.1. The lowest BCUT2D eigenvalue weighted by molar-refractivity contribution is 0.613. The zero-order valence-electron chi connectivity index (χ0n) is 9.57. The van der Waals surface area contributed by atoms with E-state index in [2.05, 4.69) is 58.8 Å². The fourth-order valence-electron chi connectivity index (χ4n) is 1.80. The van der Waals surface area contributed by atoms with E-state index >= 15 is 0 Å². The molecule has 0 aliphatic rings. The molecule has 1 unspecified atom stereocenters.